The number of sulfonamides is 1. The van der Waals surface area contributed by atoms with Gasteiger partial charge in [-0.2, -0.15) is 4.31 Å². The van der Waals surface area contributed by atoms with Gasteiger partial charge in [0.15, 0.2) is 5.75 Å². The number of amidine groups is 1. The molecule has 1 saturated heterocycles. The molecular formula is C26H27N3O5S. The molecule has 2 aliphatic heterocycles. The zero-order valence-electron chi connectivity index (χ0n) is 19.8. The quantitative estimate of drug-likeness (QED) is 0.540. The first-order chi connectivity index (χ1) is 16.9. The molecule has 182 valence electrons. The minimum atomic E-state index is -3.65. The van der Waals surface area contributed by atoms with Crippen LogP contribution in [0.1, 0.15) is 12.5 Å². The molecular weight excluding hydrogens is 466 g/mol. The van der Waals surface area contributed by atoms with Crippen LogP contribution >= 0.6 is 0 Å². The fourth-order valence-corrected chi connectivity index (χ4v) is 6.06. The number of para-hydroxylation sites is 2. The third-order valence-corrected chi connectivity index (χ3v) is 8.30. The maximum absolute atomic E-state index is 13.4. The molecule has 3 aromatic carbocycles. The Labute approximate surface area is 205 Å². The van der Waals surface area contributed by atoms with Crippen LogP contribution in [-0.4, -0.2) is 63.4 Å². The van der Waals surface area contributed by atoms with Crippen LogP contribution in [0.25, 0.3) is 0 Å². The Morgan fingerprint density at radius 1 is 0.914 bits per heavy atom. The molecule has 0 radical (unpaired) electrons. The van der Waals surface area contributed by atoms with Gasteiger partial charge >= 0.3 is 0 Å². The van der Waals surface area contributed by atoms with Crippen molar-refractivity contribution >= 4 is 21.5 Å². The SMILES string of the molecule is COc1ccc(S(=O)(=O)N2CCN(C3=Nc4ccccc4Oc4ccc(OC)cc43)C[C@H]2C)cc1. The number of aliphatic imine (C=N–C) groups is 1. The van der Waals surface area contributed by atoms with Crippen molar-refractivity contribution in [3.05, 3.63) is 72.3 Å². The second kappa shape index (κ2) is 9.24. The molecule has 0 saturated carbocycles. The fourth-order valence-electron chi connectivity index (χ4n) is 4.44. The third-order valence-electron chi connectivity index (χ3n) is 6.27. The van der Waals surface area contributed by atoms with E-state index in [9.17, 15) is 8.42 Å². The van der Waals surface area contributed by atoms with Gasteiger partial charge in [0.25, 0.3) is 0 Å². The van der Waals surface area contributed by atoms with Crippen LogP contribution < -0.4 is 14.2 Å². The smallest absolute Gasteiger partial charge is 0.243 e. The minimum Gasteiger partial charge on any atom is -0.497 e. The van der Waals surface area contributed by atoms with E-state index >= 15 is 0 Å². The lowest BCUT2D eigenvalue weighted by Crippen LogP contribution is -2.55. The molecule has 5 rings (SSSR count). The Balaban J connectivity index is 1.47. The number of benzene rings is 3. The lowest BCUT2D eigenvalue weighted by Gasteiger charge is -2.40. The van der Waals surface area contributed by atoms with Gasteiger partial charge in [-0.1, -0.05) is 12.1 Å². The fraction of sp³-hybridized carbons (Fsp3) is 0.269. The van der Waals surface area contributed by atoms with Crippen molar-refractivity contribution in [3.8, 4) is 23.0 Å². The molecule has 1 atom stereocenters. The number of rotatable bonds is 4. The number of piperazine rings is 1. The lowest BCUT2D eigenvalue weighted by atomic mass is 10.1. The predicted octanol–water partition coefficient (Wildman–Crippen LogP) is 4.28. The normalized spacial score (nSPS) is 18.0. The monoisotopic (exact) mass is 493 g/mol. The highest BCUT2D eigenvalue weighted by Crippen LogP contribution is 2.39. The number of hydrogen-bond donors (Lipinski definition) is 0. The molecule has 1 fully saturated rings. The molecule has 0 unspecified atom stereocenters. The van der Waals surface area contributed by atoms with Gasteiger partial charge in [0, 0.05) is 25.7 Å². The Hall–Kier alpha value is -3.56. The molecule has 0 spiro atoms. The summed E-state index contributed by atoms with van der Waals surface area (Å²) in [4.78, 5) is 7.33. The maximum atomic E-state index is 13.4. The van der Waals surface area contributed by atoms with E-state index in [1.54, 1.807) is 42.8 Å². The van der Waals surface area contributed by atoms with E-state index in [1.165, 1.54) is 0 Å². The van der Waals surface area contributed by atoms with Crippen molar-refractivity contribution < 1.29 is 22.6 Å². The standard InChI is InChI=1S/C26H27N3O5S/c1-18-17-28(14-15-29(18)35(30,31)21-11-8-19(32-2)9-12-21)26-22-16-20(33-3)10-13-24(22)34-25-7-5-4-6-23(25)27-26/h4-13,16,18H,14-15,17H2,1-3H3/t18-/m1/s1. The van der Waals surface area contributed by atoms with Crippen LogP contribution in [0.4, 0.5) is 5.69 Å². The zero-order valence-corrected chi connectivity index (χ0v) is 20.7. The molecule has 9 heteroatoms. The summed E-state index contributed by atoms with van der Waals surface area (Å²) in [6, 6.07) is 19.5. The lowest BCUT2D eigenvalue weighted by molar-refractivity contribution is 0.205. The molecule has 3 aromatic rings. The second-order valence-corrected chi connectivity index (χ2v) is 10.3. The average molecular weight is 494 g/mol. The van der Waals surface area contributed by atoms with Crippen LogP contribution in [0, 0.1) is 0 Å². The summed E-state index contributed by atoms with van der Waals surface area (Å²) in [5.41, 5.74) is 1.53. The molecule has 0 amide bonds. The Bertz CT molecular complexity index is 1370. The van der Waals surface area contributed by atoms with Crippen LogP contribution in [0.2, 0.25) is 0 Å². The number of methoxy groups -OCH3 is 2. The van der Waals surface area contributed by atoms with E-state index in [2.05, 4.69) is 4.90 Å². The summed E-state index contributed by atoms with van der Waals surface area (Å²) in [7, 11) is -0.476. The highest BCUT2D eigenvalue weighted by molar-refractivity contribution is 7.89. The largest absolute Gasteiger partial charge is 0.497 e. The maximum Gasteiger partial charge on any atom is 0.243 e. The Kier molecular flexibility index (Phi) is 6.12. The molecule has 0 bridgehead atoms. The first kappa shape index (κ1) is 23.2. The van der Waals surface area contributed by atoms with Crippen molar-refractivity contribution in [1.82, 2.24) is 9.21 Å². The first-order valence-corrected chi connectivity index (χ1v) is 12.8. The topological polar surface area (TPSA) is 80.7 Å². The molecule has 2 heterocycles. The van der Waals surface area contributed by atoms with Crippen molar-refractivity contribution in [2.75, 3.05) is 33.9 Å². The van der Waals surface area contributed by atoms with Crippen LogP contribution in [0.5, 0.6) is 23.0 Å². The van der Waals surface area contributed by atoms with Gasteiger partial charge in [0.05, 0.1) is 24.7 Å². The molecule has 2 aliphatic rings. The average Bonchev–Trinajstić information content (AvgIpc) is 3.04. The second-order valence-electron chi connectivity index (χ2n) is 8.45. The van der Waals surface area contributed by atoms with Crippen molar-refractivity contribution in [1.29, 1.82) is 0 Å². The van der Waals surface area contributed by atoms with E-state index in [0.717, 1.165) is 17.1 Å². The van der Waals surface area contributed by atoms with Crippen molar-refractivity contribution in [2.24, 2.45) is 4.99 Å². The predicted molar refractivity (Wildman–Crippen MR) is 134 cm³/mol. The summed E-state index contributed by atoms with van der Waals surface area (Å²) in [6.07, 6.45) is 0. The molecule has 0 aliphatic carbocycles. The van der Waals surface area contributed by atoms with Gasteiger partial charge in [-0.15, -0.1) is 0 Å². The highest BCUT2D eigenvalue weighted by Gasteiger charge is 2.36. The highest BCUT2D eigenvalue weighted by atomic mass is 32.2. The van der Waals surface area contributed by atoms with Crippen molar-refractivity contribution in [3.63, 3.8) is 0 Å². The minimum absolute atomic E-state index is 0.253. The summed E-state index contributed by atoms with van der Waals surface area (Å²) in [6.45, 7) is 3.21. The summed E-state index contributed by atoms with van der Waals surface area (Å²) in [5, 5.41) is 0. The number of hydrogen-bond acceptors (Lipinski definition) is 7. The molecule has 0 N–H and O–H groups in total. The van der Waals surface area contributed by atoms with E-state index in [4.69, 9.17) is 19.2 Å². The van der Waals surface area contributed by atoms with E-state index in [0.29, 0.717) is 42.6 Å². The van der Waals surface area contributed by atoms with Crippen LogP contribution in [-0.2, 0) is 10.0 Å². The summed E-state index contributed by atoms with van der Waals surface area (Å²) in [5.74, 6) is 3.39. The van der Waals surface area contributed by atoms with Crippen LogP contribution in [0.15, 0.2) is 76.6 Å². The molecule has 8 nitrogen and oxygen atoms in total. The Morgan fingerprint density at radius 2 is 1.63 bits per heavy atom. The van der Waals surface area contributed by atoms with E-state index in [1.807, 2.05) is 49.4 Å². The van der Waals surface area contributed by atoms with Gasteiger partial charge < -0.3 is 19.1 Å². The summed E-state index contributed by atoms with van der Waals surface area (Å²) < 4.78 is 45.1. The van der Waals surface area contributed by atoms with E-state index < -0.39 is 10.0 Å². The molecule has 35 heavy (non-hydrogen) atoms. The van der Waals surface area contributed by atoms with Crippen LogP contribution in [0.3, 0.4) is 0 Å². The molecule has 0 aromatic heterocycles. The van der Waals surface area contributed by atoms with Crippen molar-refractivity contribution in [2.45, 2.75) is 17.9 Å². The third kappa shape index (κ3) is 4.33. The van der Waals surface area contributed by atoms with Gasteiger partial charge in [-0.05, 0) is 61.5 Å². The summed E-state index contributed by atoms with van der Waals surface area (Å²) >= 11 is 0. The zero-order chi connectivity index (χ0) is 24.6. The first-order valence-electron chi connectivity index (χ1n) is 11.4. The van der Waals surface area contributed by atoms with Gasteiger partial charge in [-0.3, -0.25) is 0 Å². The van der Waals surface area contributed by atoms with Gasteiger partial charge in [-0.25, -0.2) is 13.4 Å². The van der Waals surface area contributed by atoms with Gasteiger partial charge in [0.2, 0.25) is 10.0 Å². The Morgan fingerprint density at radius 3 is 2.34 bits per heavy atom. The number of nitrogens with zero attached hydrogens (tertiary/aromatic N) is 3. The number of ether oxygens (including phenoxy) is 3. The van der Waals surface area contributed by atoms with Gasteiger partial charge in [0.1, 0.15) is 28.8 Å². The number of fused-ring (bicyclic) bond motifs is 2. The van der Waals surface area contributed by atoms with E-state index in [-0.39, 0.29) is 10.9 Å².